The Morgan fingerprint density at radius 2 is 1.95 bits per heavy atom. The van der Waals surface area contributed by atoms with Crippen LogP contribution in [-0.2, 0) is 16.6 Å². The van der Waals surface area contributed by atoms with E-state index in [1.54, 1.807) is 17.4 Å². The van der Waals surface area contributed by atoms with Crippen molar-refractivity contribution in [3.63, 3.8) is 0 Å². The van der Waals surface area contributed by atoms with Crippen molar-refractivity contribution in [1.82, 2.24) is 10.0 Å². The van der Waals surface area contributed by atoms with Crippen LogP contribution in [0.3, 0.4) is 0 Å². The Balaban J connectivity index is 2.13. The van der Waals surface area contributed by atoms with E-state index in [0.717, 1.165) is 9.75 Å². The fourth-order valence-electron chi connectivity index (χ4n) is 1.81. The predicted octanol–water partition coefficient (Wildman–Crippen LogP) is 2.88. The number of hydrogen-bond donors (Lipinski definition) is 2. The molecule has 2 heterocycles. The van der Waals surface area contributed by atoms with Gasteiger partial charge in [-0.05, 0) is 45.2 Å². The van der Waals surface area contributed by atoms with Gasteiger partial charge in [0.25, 0.3) is 10.0 Å². The van der Waals surface area contributed by atoms with Crippen LogP contribution in [-0.4, -0.2) is 15.5 Å². The Kier molecular flexibility index (Phi) is 4.98. The van der Waals surface area contributed by atoms with Crippen LogP contribution in [0, 0.1) is 6.92 Å². The normalized spacial score (nSPS) is 13.6. The maximum Gasteiger partial charge on any atom is 0.250 e. The molecule has 0 radical (unpaired) electrons. The van der Waals surface area contributed by atoms with Gasteiger partial charge in [-0.15, -0.1) is 22.7 Å². The standard InChI is InChI=1S/C13H18N2O2S3/c1-9-4-6-12(18-9)10(2)15-20(16,17)13-7-5-11(19-13)8-14-3/h4-7,10,14-15H,8H2,1-3H3. The summed E-state index contributed by atoms with van der Waals surface area (Å²) in [5.41, 5.74) is 0. The Bertz CT molecular complexity index is 673. The van der Waals surface area contributed by atoms with Crippen molar-refractivity contribution >= 4 is 32.7 Å². The Labute approximate surface area is 127 Å². The van der Waals surface area contributed by atoms with Gasteiger partial charge < -0.3 is 5.32 Å². The molecular formula is C13H18N2O2S3. The monoisotopic (exact) mass is 330 g/mol. The van der Waals surface area contributed by atoms with Crippen molar-refractivity contribution in [3.05, 3.63) is 38.9 Å². The second kappa shape index (κ2) is 6.36. The van der Waals surface area contributed by atoms with E-state index < -0.39 is 10.0 Å². The maximum atomic E-state index is 12.3. The van der Waals surface area contributed by atoms with E-state index in [1.165, 1.54) is 16.2 Å². The minimum Gasteiger partial charge on any atom is -0.315 e. The van der Waals surface area contributed by atoms with Crippen molar-refractivity contribution < 1.29 is 8.42 Å². The Morgan fingerprint density at radius 3 is 2.55 bits per heavy atom. The third kappa shape index (κ3) is 3.67. The van der Waals surface area contributed by atoms with Gasteiger partial charge in [0, 0.05) is 21.2 Å². The lowest BCUT2D eigenvalue weighted by molar-refractivity contribution is 0.570. The van der Waals surface area contributed by atoms with Crippen LogP contribution in [0.4, 0.5) is 0 Å². The first-order chi connectivity index (χ1) is 9.42. The molecule has 0 fully saturated rings. The average Bonchev–Trinajstić information content (AvgIpc) is 2.98. The van der Waals surface area contributed by atoms with Crippen LogP contribution in [0.5, 0.6) is 0 Å². The minimum atomic E-state index is -3.45. The first-order valence-electron chi connectivity index (χ1n) is 6.24. The molecular weight excluding hydrogens is 312 g/mol. The lowest BCUT2D eigenvalue weighted by Gasteiger charge is -2.11. The van der Waals surface area contributed by atoms with Crippen molar-refractivity contribution in [2.75, 3.05) is 7.05 Å². The molecule has 0 aliphatic carbocycles. The molecule has 4 nitrogen and oxygen atoms in total. The summed E-state index contributed by atoms with van der Waals surface area (Å²) in [5, 5.41) is 3.01. The molecule has 0 spiro atoms. The summed E-state index contributed by atoms with van der Waals surface area (Å²) in [6, 6.07) is 7.25. The summed E-state index contributed by atoms with van der Waals surface area (Å²) in [7, 11) is -1.61. The summed E-state index contributed by atoms with van der Waals surface area (Å²) >= 11 is 2.91. The molecule has 0 saturated carbocycles. The SMILES string of the molecule is CNCc1ccc(S(=O)(=O)NC(C)c2ccc(C)s2)s1. The highest BCUT2D eigenvalue weighted by Gasteiger charge is 2.21. The number of aryl methyl sites for hydroxylation is 1. The highest BCUT2D eigenvalue weighted by Crippen LogP contribution is 2.26. The molecule has 2 aromatic heterocycles. The molecule has 0 aromatic carbocycles. The number of nitrogens with one attached hydrogen (secondary N) is 2. The van der Waals surface area contributed by atoms with Crippen molar-refractivity contribution in [2.24, 2.45) is 0 Å². The van der Waals surface area contributed by atoms with E-state index >= 15 is 0 Å². The molecule has 0 bridgehead atoms. The molecule has 7 heteroatoms. The molecule has 0 aliphatic rings. The average molecular weight is 330 g/mol. The van der Waals surface area contributed by atoms with E-state index in [2.05, 4.69) is 10.0 Å². The zero-order chi connectivity index (χ0) is 14.8. The zero-order valence-corrected chi connectivity index (χ0v) is 14.1. The van der Waals surface area contributed by atoms with Crippen LogP contribution < -0.4 is 10.0 Å². The number of rotatable bonds is 6. The lowest BCUT2D eigenvalue weighted by atomic mass is 10.3. The second-order valence-electron chi connectivity index (χ2n) is 4.54. The summed E-state index contributed by atoms with van der Waals surface area (Å²) in [4.78, 5) is 3.21. The molecule has 2 rings (SSSR count). The zero-order valence-electron chi connectivity index (χ0n) is 11.6. The van der Waals surface area contributed by atoms with Gasteiger partial charge >= 0.3 is 0 Å². The first kappa shape index (κ1) is 15.7. The molecule has 20 heavy (non-hydrogen) atoms. The largest absolute Gasteiger partial charge is 0.315 e. The Hall–Kier alpha value is -0.730. The molecule has 2 aromatic rings. The predicted molar refractivity (Wildman–Crippen MR) is 84.9 cm³/mol. The topological polar surface area (TPSA) is 58.2 Å². The fourth-order valence-corrected chi connectivity index (χ4v) is 5.37. The smallest absolute Gasteiger partial charge is 0.250 e. The van der Waals surface area contributed by atoms with Gasteiger partial charge in [0.15, 0.2) is 0 Å². The summed E-state index contributed by atoms with van der Waals surface area (Å²) in [6.45, 7) is 4.56. The van der Waals surface area contributed by atoms with E-state index in [0.29, 0.717) is 10.8 Å². The molecule has 2 N–H and O–H groups in total. The lowest BCUT2D eigenvalue weighted by Crippen LogP contribution is -2.25. The van der Waals surface area contributed by atoms with Gasteiger partial charge in [-0.2, -0.15) is 0 Å². The third-order valence-corrected chi connectivity index (χ3v) is 7.07. The third-order valence-electron chi connectivity index (χ3n) is 2.77. The molecule has 0 amide bonds. The van der Waals surface area contributed by atoms with Crippen LogP contribution >= 0.6 is 22.7 Å². The second-order valence-corrected chi connectivity index (χ2v) is 8.97. The maximum absolute atomic E-state index is 12.3. The number of thiophene rings is 2. The van der Waals surface area contributed by atoms with Crippen LogP contribution in [0.25, 0.3) is 0 Å². The van der Waals surface area contributed by atoms with Crippen LogP contribution in [0.2, 0.25) is 0 Å². The Morgan fingerprint density at radius 1 is 1.20 bits per heavy atom. The van der Waals surface area contributed by atoms with Crippen LogP contribution in [0.1, 0.15) is 27.6 Å². The number of sulfonamides is 1. The highest BCUT2D eigenvalue weighted by atomic mass is 32.2. The van der Waals surface area contributed by atoms with Crippen molar-refractivity contribution in [2.45, 2.75) is 30.6 Å². The molecule has 1 unspecified atom stereocenters. The first-order valence-corrected chi connectivity index (χ1v) is 9.36. The molecule has 1 atom stereocenters. The highest BCUT2D eigenvalue weighted by molar-refractivity contribution is 7.91. The quantitative estimate of drug-likeness (QED) is 0.856. The van der Waals surface area contributed by atoms with E-state index in [-0.39, 0.29) is 6.04 Å². The van der Waals surface area contributed by atoms with Gasteiger partial charge in [-0.25, -0.2) is 13.1 Å². The van der Waals surface area contributed by atoms with Gasteiger partial charge in [0.1, 0.15) is 4.21 Å². The van der Waals surface area contributed by atoms with Gasteiger partial charge in [0.05, 0.1) is 6.04 Å². The van der Waals surface area contributed by atoms with E-state index in [4.69, 9.17) is 0 Å². The fraction of sp³-hybridized carbons (Fsp3) is 0.385. The number of hydrogen-bond acceptors (Lipinski definition) is 5. The van der Waals surface area contributed by atoms with E-state index in [1.807, 2.05) is 39.1 Å². The molecule has 110 valence electrons. The molecule has 0 saturated heterocycles. The van der Waals surface area contributed by atoms with Gasteiger partial charge in [0.2, 0.25) is 0 Å². The van der Waals surface area contributed by atoms with Crippen LogP contribution in [0.15, 0.2) is 28.5 Å². The summed E-state index contributed by atoms with van der Waals surface area (Å²) < 4.78 is 27.7. The van der Waals surface area contributed by atoms with Crippen molar-refractivity contribution in [3.8, 4) is 0 Å². The summed E-state index contributed by atoms with van der Waals surface area (Å²) in [6.07, 6.45) is 0. The molecule has 0 aliphatic heterocycles. The van der Waals surface area contributed by atoms with Gasteiger partial charge in [-0.1, -0.05) is 0 Å². The van der Waals surface area contributed by atoms with Gasteiger partial charge in [-0.3, -0.25) is 0 Å². The summed E-state index contributed by atoms with van der Waals surface area (Å²) in [5.74, 6) is 0. The van der Waals surface area contributed by atoms with Crippen molar-refractivity contribution in [1.29, 1.82) is 0 Å². The minimum absolute atomic E-state index is 0.214. The van der Waals surface area contributed by atoms with E-state index in [9.17, 15) is 8.42 Å².